The van der Waals surface area contributed by atoms with E-state index < -0.39 is 0 Å². The molecule has 0 aliphatic heterocycles. The maximum atomic E-state index is 11.0. The molecule has 0 aromatic carbocycles. The standard InChI is InChI=1S/C8H17NO2/c1-7(2)11-6-8(10)5-9(3)4/h7H,5-6H2,1-4H3. The van der Waals surface area contributed by atoms with E-state index in [0.717, 1.165) is 0 Å². The van der Waals surface area contributed by atoms with Crippen molar-refractivity contribution in [1.29, 1.82) is 0 Å². The van der Waals surface area contributed by atoms with Gasteiger partial charge >= 0.3 is 0 Å². The van der Waals surface area contributed by atoms with Crippen molar-refractivity contribution in [2.45, 2.75) is 20.0 Å². The highest BCUT2D eigenvalue weighted by Crippen LogP contribution is 1.88. The first-order chi connectivity index (χ1) is 5.02. The molecule has 0 radical (unpaired) electrons. The molecule has 0 aromatic heterocycles. The number of nitrogens with zero attached hydrogens (tertiary/aromatic N) is 1. The third kappa shape index (κ3) is 7.49. The molecule has 0 amide bonds. The Morgan fingerprint density at radius 2 is 2.00 bits per heavy atom. The minimum absolute atomic E-state index is 0.128. The SMILES string of the molecule is CC(C)OCC(=O)CN(C)C. The van der Waals surface area contributed by atoms with Crippen LogP contribution in [0.2, 0.25) is 0 Å². The van der Waals surface area contributed by atoms with Gasteiger partial charge in [-0.3, -0.25) is 4.79 Å². The predicted molar refractivity (Wildman–Crippen MR) is 44.6 cm³/mol. The second-order valence-electron chi connectivity index (χ2n) is 3.14. The summed E-state index contributed by atoms with van der Waals surface area (Å²) in [5.41, 5.74) is 0. The van der Waals surface area contributed by atoms with Crippen LogP contribution in [0.15, 0.2) is 0 Å². The van der Waals surface area contributed by atoms with Crippen molar-refractivity contribution >= 4 is 5.78 Å². The summed E-state index contributed by atoms with van der Waals surface area (Å²) in [6, 6.07) is 0. The van der Waals surface area contributed by atoms with Crippen LogP contribution in [0.25, 0.3) is 0 Å². The summed E-state index contributed by atoms with van der Waals surface area (Å²) < 4.78 is 5.13. The maximum absolute atomic E-state index is 11.0. The largest absolute Gasteiger partial charge is 0.371 e. The Labute approximate surface area is 68.3 Å². The molecule has 0 atom stereocenters. The summed E-state index contributed by atoms with van der Waals surface area (Å²) >= 11 is 0. The zero-order valence-electron chi connectivity index (χ0n) is 7.76. The summed E-state index contributed by atoms with van der Waals surface area (Å²) in [4.78, 5) is 12.8. The number of rotatable bonds is 5. The number of hydrogen-bond donors (Lipinski definition) is 0. The van der Waals surface area contributed by atoms with Gasteiger partial charge in [-0.05, 0) is 27.9 Å². The van der Waals surface area contributed by atoms with E-state index in [0.29, 0.717) is 6.54 Å². The lowest BCUT2D eigenvalue weighted by atomic mass is 10.4. The van der Waals surface area contributed by atoms with E-state index in [1.165, 1.54) is 0 Å². The summed E-state index contributed by atoms with van der Waals surface area (Å²) in [5, 5.41) is 0. The molecule has 0 unspecified atom stereocenters. The van der Waals surface area contributed by atoms with Crippen molar-refractivity contribution in [3.05, 3.63) is 0 Å². The lowest BCUT2D eigenvalue weighted by Crippen LogP contribution is -2.26. The van der Waals surface area contributed by atoms with Crippen LogP contribution < -0.4 is 0 Å². The molecule has 0 saturated heterocycles. The molecule has 66 valence electrons. The van der Waals surface area contributed by atoms with Gasteiger partial charge in [-0.1, -0.05) is 0 Å². The minimum Gasteiger partial charge on any atom is -0.371 e. The number of carbonyl (C=O) groups excluding carboxylic acids is 1. The van der Waals surface area contributed by atoms with E-state index in [4.69, 9.17) is 4.74 Å². The Bertz CT molecular complexity index is 121. The third-order valence-electron chi connectivity index (χ3n) is 1.07. The van der Waals surface area contributed by atoms with E-state index >= 15 is 0 Å². The monoisotopic (exact) mass is 159 g/mol. The average molecular weight is 159 g/mol. The number of ketones is 1. The molecule has 0 N–H and O–H groups in total. The fraction of sp³-hybridized carbons (Fsp3) is 0.875. The lowest BCUT2D eigenvalue weighted by molar-refractivity contribution is -0.125. The Balaban J connectivity index is 3.38. The first-order valence-corrected chi connectivity index (χ1v) is 3.80. The third-order valence-corrected chi connectivity index (χ3v) is 1.07. The molecule has 0 fully saturated rings. The van der Waals surface area contributed by atoms with E-state index in [9.17, 15) is 4.79 Å². The fourth-order valence-electron chi connectivity index (χ4n) is 0.658. The fourth-order valence-corrected chi connectivity index (χ4v) is 0.658. The number of hydrogen-bond acceptors (Lipinski definition) is 3. The van der Waals surface area contributed by atoms with Gasteiger partial charge in [-0.15, -0.1) is 0 Å². The Morgan fingerprint density at radius 3 is 2.36 bits per heavy atom. The second kappa shape index (κ2) is 5.27. The van der Waals surface area contributed by atoms with Crippen LogP contribution in [0.4, 0.5) is 0 Å². The van der Waals surface area contributed by atoms with Gasteiger partial charge in [0.05, 0.1) is 12.6 Å². The zero-order valence-corrected chi connectivity index (χ0v) is 7.76. The molecule has 0 rings (SSSR count). The van der Waals surface area contributed by atoms with E-state index in [1.54, 1.807) is 0 Å². The highest BCUT2D eigenvalue weighted by atomic mass is 16.5. The van der Waals surface area contributed by atoms with Crippen molar-refractivity contribution in [1.82, 2.24) is 4.90 Å². The first kappa shape index (κ1) is 10.6. The summed E-state index contributed by atoms with van der Waals surface area (Å²) in [7, 11) is 3.74. The van der Waals surface area contributed by atoms with Gasteiger partial charge in [-0.25, -0.2) is 0 Å². The molecular weight excluding hydrogens is 142 g/mol. The van der Waals surface area contributed by atoms with Crippen molar-refractivity contribution < 1.29 is 9.53 Å². The molecule has 0 saturated carbocycles. The Morgan fingerprint density at radius 1 is 1.45 bits per heavy atom. The Hall–Kier alpha value is -0.410. The van der Waals surface area contributed by atoms with Crippen LogP contribution in [0.1, 0.15) is 13.8 Å². The van der Waals surface area contributed by atoms with Crippen molar-refractivity contribution in [2.24, 2.45) is 0 Å². The maximum Gasteiger partial charge on any atom is 0.172 e. The van der Waals surface area contributed by atoms with Gasteiger partial charge in [0.2, 0.25) is 0 Å². The lowest BCUT2D eigenvalue weighted by Gasteiger charge is -2.09. The molecular formula is C8H17NO2. The van der Waals surface area contributed by atoms with Crippen LogP contribution in [0.5, 0.6) is 0 Å². The normalized spacial score (nSPS) is 11.1. The zero-order chi connectivity index (χ0) is 8.85. The quantitative estimate of drug-likeness (QED) is 0.586. The molecule has 0 spiro atoms. The van der Waals surface area contributed by atoms with Gasteiger partial charge in [0, 0.05) is 0 Å². The van der Waals surface area contributed by atoms with Crippen molar-refractivity contribution in [3.63, 3.8) is 0 Å². The molecule has 0 aromatic rings. The van der Waals surface area contributed by atoms with Gasteiger partial charge in [0.25, 0.3) is 0 Å². The highest BCUT2D eigenvalue weighted by molar-refractivity contribution is 5.81. The molecule has 11 heavy (non-hydrogen) atoms. The summed E-state index contributed by atoms with van der Waals surface area (Å²) in [6.07, 6.45) is 0.140. The van der Waals surface area contributed by atoms with Crippen LogP contribution in [0, 0.1) is 0 Å². The molecule has 0 aliphatic rings. The smallest absolute Gasteiger partial charge is 0.172 e. The predicted octanol–water partition coefficient (Wildman–Crippen LogP) is 0.542. The van der Waals surface area contributed by atoms with Gasteiger partial charge in [-0.2, -0.15) is 0 Å². The highest BCUT2D eigenvalue weighted by Gasteiger charge is 2.03. The van der Waals surface area contributed by atoms with Crippen molar-refractivity contribution in [2.75, 3.05) is 27.2 Å². The number of likely N-dealkylation sites (N-methyl/N-ethyl adjacent to an activating group) is 1. The number of Topliss-reactive ketones (excluding diaryl/α,β-unsaturated/α-hetero) is 1. The molecule has 3 nitrogen and oxygen atoms in total. The minimum atomic E-state index is 0.128. The van der Waals surface area contributed by atoms with Gasteiger partial charge in [0.15, 0.2) is 5.78 Å². The first-order valence-electron chi connectivity index (χ1n) is 3.80. The molecule has 3 heteroatoms. The van der Waals surface area contributed by atoms with Gasteiger partial charge < -0.3 is 9.64 Å². The van der Waals surface area contributed by atoms with E-state index in [-0.39, 0.29) is 18.5 Å². The van der Waals surface area contributed by atoms with Crippen LogP contribution in [-0.4, -0.2) is 44.0 Å². The van der Waals surface area contributed by atoms with Gasteiger partial charge in [0.1, 0.15) is 6.61 Å². The topological polar surface area (TPSA) is 29.5 Å². The second-order valence-corrected chi connectivity index (χ2v) is 3.14. The van der Waals surface area contributed by atoms with Crippen LogP contribution in [0.3, 0.4) is 0 Å². The van der Waals surface area contributed by atoms with Crippen molar-refractivity contribution in [3.8, 4) is 0 Å². The molecule has 0 aliphatic carbocycles. The van der Waals surface area contributed by atoms with Crippen LogP contribution >= 0.6 is 0 Å². The van der Waals surface area contributed by atoms with E-state index in [2.05, 4.69) is 0 Å². The van der Waals surface area contributed by atoms with Crippen LogP contribution in [-0.2, 0) is 9.53 Å². The Kier molecular flexibility index (Phi) is 5.07. The molecule has 0 heterocycles. The number of carbonyl (C=O) groups is 1. The summed E-state index contributed by atoms with van der Waals surface area (Å²) in [5.74, 6) is 0.128. The summed E-state index contributed by atoms with van der Waals surface area (Å²) in [6.45, 7) is 4.54. The van der Waals surface area contributed by atoms with E-state index in [1.807, 2.05) is 32.8 Å². The average Bonchev–Trinajstić information content (AvgIpc) is 1.82. The number of ether oxygens (including phenoxy) is 1. The molecule has 0 bridgehead atoms.